The summed E-state index contributed by atoms with van der Waals surface area (Å²) in [6, 6.07) is 9.66. The van der Waals surface area contributed by atoms with Gasteiger partial charge in [-0.1, -0.05) is 69.0 Å². The summed E-state index contributed by atoms with van der Waals surface area (Å²) in [5, 5.41) is 0. The lowest BCUT2D eigenvalue weighted by Gasteiger charge is -2.40. The maximum absolute atomic E-state index is 16.5. The van der Waals surface area contributed by atoms with E-state index in [0.29, 0.717) is 24.1 Å². The van der Waals surface area contributed by atoms with E-state index in [-0.39, 0.29) is 17.0 Å². The van der Waals surface area contributed by atoms with Crippen molar-refractivity contribution in [2.45, 2.75) is 193 Å². The van der Waals surface area contributed by atoms with Gasteiger partial charge in [-0.2, -0.15) is 158 Å². The van der Waals surface area contributed by atoms with Crippen LogP contribution in [0.5, 0.6) is 5.75 Å². The quantitative estimate of drug-likeness (QED) is 0.0562. The van der Waals surface area contributed by atoms with Crippen molar-refractivity contribution < 1.29 is 186 Å². The third-order valence-electron chi connectivity index (χ3n) is 15.8. The molecule has 98 heavy (non-hydrogen) atoms. The Labute approximate surface area is 528 Å². The van der Waals surface area contributed by atoms with E-state index in [2.05, 4.69) is 18.9 Å². The first-order chi connectivity index (χ1) is 44.1. The van der Waals surface area contributed by atoms with E-state index in [1.165, 1.54) is 12.1 Å². The van der Waals surface area contributed by atoms with Crippen LogP contribution in [0.2, 0.25) is 0 Å². The molecule has 3 aromatic carbocycles. The predicted molar refractivity (Wildman–Crippen MR) is 264 cm³/mol. The van der Waals surface area contributed by atoms with Crippen LogP contribution in [0, 0.1) is 17.7 Å². The molecule has 0 N–H and O–H groups in total. The van der Waals surface area contributed by atoms with Gasteiger partial charge in [-0.15, -0.1) is 0 Å². The number of rotatable bonds is 27. The van der Waals surface area contributed by atoms with Crippen LogP contribution in [0.25, 0.3) is 22.3 Å². The van der Waals surface area contributed by atoms with Gasteiger partial charge in [0.05, 0.1) is 19.8 Å². The largest absolute Gasteiger partial charge is 0.493 e. The highest BCUT2D eigenvalue weighted by Crippen LogP contribution is 2.60. The fourth-order valence-electron chi connectivity index (χ4n) is 10.7. The number of ether oxygens (including phenoxy) is 5. The first kappa shape index (κ1) is 85.1. The summed E-state index contributed by atoms with van der Waals surface area (Å²) in [5.41, 5.74) is -32.5. The molecule has 0 heterocycles. The van der Waals surface area contributed by atoms with E-state index in [4.69, 9.17) is 4.74 Å². The fourth-order valence-corrected chi connectivity index (χ4v) is 10.7. The smallest absolute Gasteiger partial charge is 0.435 e. The summed E-state index contributed by atoms with van der Waals surface area (Å²) in [6.07, 6.45) is -93.8. The number of halogens is 37. The van der Waals surface area contributed by atoms with Crippen molar-refractivity contribution in [3.05, 3.63) is 77.1 Å². The molecule has 0 bridgehead atoms. The van der Waals surface area contributed by atoms with Gasteiger partial charge in [-0.25, -0.2) is 4.39 Å². The Morgan fingerprint density at radius 2 is 0.704 bits per heavy atom. The van der Waals surface area contributed by atoms with E-state index in [1.54, 1.807) is 12.1 Å². The zero-order valence-corrected chi connectivity index (χ0v) is 49.2. The van der Waals surface area contributed by atoms with Crippen LogP contribution in [0.1, 0.15) is 100 Å². The topological polar surface area (TPSA) is 46.2 Å². The summed E-state index contributed by atoms with van der Waals surface area (Å²) < 4.78 is 534. The van der Waals surface area contributed by atoms with Gasteiger partial charge < -0.3 is 23.7 Å². The Morgan fingerprint density at radius 3 is 1.03 bits per heavy atom. The molecule has 1 aliphatic carbocycles. The lowest BCUT2D eigenvalue weighted by molar-refractivity contribution is -0.464. The van der Waals surface area contributed by atoms with Gasteiger partial charge in [0.1, 0.15) is 11.6 Å². The van der Waals surface area contributed by atoms with Crippen LogP contribution < -0.4 is 4.74 Å². The van der Waals surface area contributed by atoms with Crippen molar-refractivity contribution in [2.75, 3.05) is 33.0 Å². The molecule has 0 unspecified atom stereocenters. The van der Waals surface area contributed by atoms with Gasteiger partial charge in [0.25, 0.3) is 0 Å². The normalized spacial score (nSPS) is 17.1. The maximum Gasteiger partial charge on any atom is 0.435 e. The Kier molecular flexibility index (Phi) is 26.0. The van der Waals surface area contributed by atoms with Crippen molar-refractivity contribution >= 4 is 0 Å². The Hall–Kier alpha value is -5.29. The van der Waals surface area contributed by atoms with Crippen LogP contribution in [0.15, 0.2) is 54.6 Å². The molecule has 4 rings (SSSR count). The first-order valence-electron chi connectivity index (χ1n) is 28.1. The highest BCUT2D eigenvalue weighted by Gasteiger charge is 2.89. The molecule has 0 aliphatic heterocycles. The number of unbranched alkanes of at least 4 members (excludes halogenated alkanes) is 2. The van der Waals surface area contributed by atoms with Gasteiger partial charge in [0.2, 0.25) is 0 Å². The zero-order valence-electron chi connectivity index (χ0n) is 49.2. The van der Waals surface area contributed by atoms with Gasteiger partial charge in [0, 0.05) is 24.7 Å². The van der Waals surface area contributed by atoms with Crippen LogP contribution >= 0.6 is 0 Å². The molecule has 5 nitrogen and oxygen atoms in total. The van der Waals surface area contributed by atoms with E-state index in [1.807, 2.05) is 6.92 Å². The molecule has 0 atom stereocenters. The van der Waals surface area contributed by atoms with Crippen LogP contribution in [0.4, 0.5) is 162 Å². The van der Waals surface area contributed by atoms with Crippen LogP contribution in [0.3, 0.4) is 0 Å². The average Bonchev–Trinajstić information content (AvgIpc) is 0.747. The number of alkyl halides is 36. The number of hydrogen-bond acceptors (Lipinski definition) is 5. The monoisotopic (exact) mass is 1510 g/mol. The van der Waals surface area contributed by atoms with E-state index >= 15 is 4.39 Å². The SMILES string of the molecule is CCCCCC1CCC(c2ccc(-c3ccc(-c4cc(CCCOC(C(F)(F)F)(C(F)(F)F)C(F)(F)F)c(OCCC(COC(C(F)(F)F)(C(F)(F)F)C(F)(F)F)COC(C(F)(F)F)(C(F)(F)F)C(F)(F)F)c(CCCOC(C(F)(F)F)(C(F)(F)F)C(F)(F)F)c4)c(F)c3)cc2)CC1. The number of hydrogen-bond donors (Lipinski definition) is 0. The van der Waals surface area contributed by atoms with Crippen molar-refractivity contribution in [2.24, 2.45) is 11.8 Å². The van der Waals surface area contributed by atoms with E-state index in [0.717, 1.165) is 69.1 Å². The van der Waals surface area contributed by atoms with Crippen molar-refractivity contribution in [1.82, 2.24) is 0 Å². The maximum atomic E-state index is 16.5. The lowest BCUT2D eigenvalue weighted by Crippen LogP contribution is -2.68. The second kappa shape index (κ2) is 30.0. The van der Waals surface area contributed by atoms with Crippen LogP contribution in [-0.4, -0.2) is 130 Å². The molecule has 0 spiro atoms. The van der Waals surface area contributed by atoms with Crippen LogP contribution in [-0.2, 0) is 31.8 Å². The molecule has 0 radical (unpaired) electrons. The average molecular weight is 1510 g/mol. The molecule has 0 amide bonds. The number of aryl methyl sites for hydroxylation is 2. The van der Waals surface area contributed by atoms with Gasteiger partial charge in [-0.05, 0) is 121 Å². The van der Waals surface area contributed by atoms with Gasteiger partial charge >= 0.3 is 96.5 Å². The molecule has 564 valence electrons. The second-order valence-corrected chi connectivity index (χ2v) is 22.4. The summed E-state index contributed by atoms with van der Waals surface area (Å²) in [5.74, 6) is -6.09. The van der Waals surface area contributed by atoms with E-state index < -0.39 is 201 Å². The second-order valence-electron chi connectivity index (χ2n) is 22.4. The predicted octanol–water partition coefficient (Wildman–Crippen LogP) is 22.0. The summed E-state index contributed by atoms with van der Waals surface area (Å²) in [4.78, 5) is 0. The minimum atomic E-state index is -7.87. The molecular formula is C56H51F37O5. The molecule has 0 saturated heterocycles. The molecular weight excluding hydrogens is 1460 g/mol. The Morgan fingerprint density at radius 1 is 0.367 bits per heavy atom. The molecule has 3 aromatic rings. The molecule has 42 heteroatoms. The minimum absolute atomic E-state index is 0.0320. The summed E-state index contributed by atoms with van der Waals surface area (Å²) >= 11 is 0. The molecule has 1 fully saturated rings. The lowest BCUT2D eigenvalue weighted by atomic mass is 9.77. The van der Waals surface area contributed by atoms with Gasteiger partial charge in [-0.3, -0.25) is 0 Å². The van der Waals surface area contributed by atoms with Crippen molar-refractivity contribution in [3.63, 3.8) is 0 Å². The minimum Gasteiger partial charge on any atom is -0.493 e. The highest BCUT2D eigenvalue weighted by atomic mass is 19.5. The third-order valence-corrected chi connectivity index (χ3v) is 15.8. The Balaban J connectivity index is 2.01. The Bertz CT molecular complexity index is 2740. The molecule has 1 saturated carbocycles. The highest BCUT2D eigenvalue weighted by molar-refractivity contribution is 5.73. The molecule has 1 aliphatic rings. The summed E-state index contributed by atoms with van der Waals surface area (Å²) in [7, 11) is 0. The standard InChI is InChI=1S/C56H51F37O5/c1-2-3-4-7-29-10-12-31(13-11-29)32-14-16-33(17-15-32)34-18-19-38(39(57)26-34)37-24-35(8-5-21-95-41(45(58,59)60,46(61,62)63)47(64,65)66)40(36(25-37)9-6-22-96-42(48(67,68)69,49(70,71)72)50(73,74)75)94-23-20-30(27-97-43(51(76,77)78,52(79,80)81)53(82,83)84)28-98-44(54(85,86)87,55(88,89)90)56(91,92)93/h14-19,24-26,29-31H,2-13,20-23,27-28H2,1H3. The zero-order chi connectivity index (χ0) is 75.6. The fraction of sp³-hybridized carbons (Fsp3) is 0.679. The first-order valence-corrected chi connectivity index (χ1v) is 28.1. The molecule has 0 aromatic heterocycles. The van der Waals surface area contributed by atoms with Gasteiger partial charge in [0.15, 0.2) is 0 Å². The number of benzene rings is 3. The van der Waals surface area contributed by atoms with Crippen molar-refractivity contribution in [1.29, 1.82) is 0 Å². The van der Waals surface area contributed by atoms with E-state index in [9.17, 15) is 158 Å². The van der Waals surface area contributed by atoms with Crippen molar-refractivity contribution in [3.8, 4) is 28.0 Å². The summed E-state index contributed by atoms with van der Waals surface area (Å²) in [6.45, 7) is -11.7. The third kappa shape index (κ3) is 17.8.